The van der Waals surface area contributed by atoms with Gasteiger partial charge in [0.25, 0.3) is 0 Å². The quantitative estimate of drug-likeness (QED) is 0.418. The number of pyridine rings is 1. The molecule has 0 aliphatic rings. The van der Waals surface area contributed by atoms with Crippen molar-refractivity contribution in [2.75, 3.05) is 0 Å². The monoisotopic (exact) mass is 415 g/mol. The summed E-state index contributed by atoms with van der Waals surface area (Å²) in [5, 5.41) is 1.14. The molecule has 0 spiro atoms. The van der Waals surface area contributed by atoms with E-state index in [-0.39, 0.29) is 11.4 Å². The smallest absolute Gasteiger partial charge is 0.362 e. The largest absolute Gasteiger partial charge is 0.422 e. The van der Waals surface area contributed by atoms with Gasteiger partial charge in [0.05, 0.1) is 0 Å². The van der Waals surface area contributed by atoms with E-state index in [0.717, 1.165) is 11.1 Å². The fourth-order valence-electron chi connectivity index (χ4n) is 2.34. The number of nitrogens with zero attached hydrogens (tertiary/aromatic N) is 1. The maximum Gasteiger partial charge on any atom is 0.362 e. The molecule has 1 heterocycles. The topological polar surface area (TPSA) is 65.5 Å². The first-order valence-corrected chi connectivity index (χ1v) is 9.03. The number of aromatic nitrogens is 1. The second-order valence-electron chi connectivity index (χ2n) is 6.01. The first-order chi connectivity index (χ1) is 13.3. The minimum absolute atomic E-state index is 0.0191. The van der Waals surface area contributed by atoms with Crippen molar-refractivity contribution in [2.45, 2.75) is 13.8 Å². The molecule has 3 rings (SSSR count). The number of esters is 2. The lowest BCUT2D eigenvalue weighted by atomic mass is 10.2. The van der Waals surface area contributed by atoms with E-state index in [0.29, 0.717) is 21.5 Å². The molecular weight excluding hydrogens is 401 g/mol. The summed E-state index contributed by atoms with van der Waals surface area (Å²) in [4.78, 5) is 28.7. The Morgan fingerprint density at radius 1 is 0.750 bits per heavy atom. The summed E-state index contributed by atoms with van der Waals surface area (Å²) in [6.07, 6.45) is 0. The average molecular weight is 416 g/mol. The van der Waals surface area contributed by atoms with Crippen molar-refractivity contribution in [1.82, 2.24) is 4.98 Å². The van der Waals surface area contributed by atoms with Gasteiger partial charge in [0, 0.05) is 10.0 Å². The molecule has 28 heavy (non-hydrogen) atoms. The molecule has 5 nitrogen and oxygen atoms in total. The van der Waals surface area contributed by atoms with E-state index in [1.165, 1.54) is 18.2 Å². The summed E-state index contributed by atoms with van der Waals surface area (Å²) in [5.41, 5.74) is 1.51. The molecule has 0 saturated heterocycles. The molecule has 0 fully saturated rings. The minimum Gasteiger partial charge on any atom is -0.422 e. The number of ether oxygens (including phenoxy) is 2. The first kappa shape index (κ1) is 19.9. The molecule has 0 saturated carbocycles. The summed E-state index contributed by atoms with van der Waals surface area (Å²) in [7, 11) is 0. The highest BCUT2D eigenvalue weighted by molar-refractivity contribution is 6.31. The molecule has 2 aromatic carbocycles. The summed E-state index contributed by atoms with van der Waals surface area (Å²) >= 11 is 11.9. The van der Waals surface area contributed by atoms with E-state index in [1.54, 1.807) is 50.2 Å². The fraction of sp³-hybridized carbons (Fsp3) is 0.0952. The Labute approximate surface area is 171 Å². The van der Waals surface area contributed by atoms with Gasteiger partial charge in [-0.1, -0.05) is 29.3 Å². The Kier molecular flexibility index (Phi) is 5.97. The Hall–Kier alpha value is -2.89. The lowest BCUT2D eigenvalue weighted by Gasteiger charge is -2.08. The highest BCUT2D eigenvalue weighted by atomic mass is 35.5. The van der Waals surface area contributed by atoms with Crippen LogP contribution in [0.4, 0.5) is 0 Å². The standard InChI is InChI=1S/C21H15Cl2NO4/c1-12-10-14(6-8-16(12)22)27-20(25)18-4-3-5-19(24-18)21(26)28-15-7-9-17(23)13(2)11-15/h3-11H,1-2H3. The van der Waals surface area contributed by atoms with Gasteiger partial charge in [-0.3, -0.25) is 0 Å². The van der Waals surface area contributed by atoms with Crippen LogP contribution in [-0.2, 0) is 0 Å². The van der Waals surface area contributed by atoms with Gasteiger partial charge in [-0.15, -0.1) is 0 Å². The third-order valence-electron chi connectivity index (χ3n) is 3.85. The number of hydrogen-bond acceptors (Lipinski definition) is 5. The zero-order chi connectivity index (χ0) is 20.3. The van der Waals surface area contributed by atoms with E-state index in [9.17, 15) is 9.59 Å². The van der Waals surface area contributed by atoms with Crippen LogP contribution in [0.1, 0.15) is 32.1 Å². The van der Waals surface area contributed by atoms with Gasteiger partial charge < -0.3 is 9.47 Å². The van der Waals surface area contributed by atoms with Crippen LogP contribution in [-0.4, -0.2) is 16.9 Å². The molecule has 7 heteroatoms. The number of halogens is 2. The van der Waals surface area contributed by atoms with E-state index >= 15 is 0 Å². The fourth-order valence-corrected chi connectivity index (χ4v) is 2.58. The number of aryl methyl sites for hydroxylation is 2. The normalized spacial score (nSPS) is 10.4. The molecule has 3 aromatic rings. The number of benzene rings is 2. The van der Waals surface area contributed by atoms with Crippen molar-refractivity contribution in [3.63, 3.8) is 0 Å². The van der Waals surface area contributed by atoms with Gasteiger partial charge in [-0.2, -0.15) is 0 Å². The van der Waals surface area contributed by atoms with E-state index in [4.69, 9.17) is 32.7 Å². The number of rotatable bonds is 4. The molecule has 0 aliphatic heterocycles. The van der Waals surface area contributed by atoms with Crippen LogP contribution in [0, 0.1) is 13.8 Å². The summed E-state index contributed by atoms with van der Waals surface area (Å²) in [5.74, 6) is -0.728. The Balaban J connectivity index is 1.75. The highest BCUT2D eigenvalue weighted by Gasteiger charge is 2.16. The van der Waals surface area contributed by atoms with Crippen molar-refractivity contribution in [2.24, 2.45) is 0 Å². The molecular formula is C21H15Cl2NO4. The predicted octanol–water partition coefficient (Wildman–Crippen LogP) is 5.44. The third-order valence-corrected chi connectivity index (χ3v) is 4.70. The maximum absolute atomic E-state index is 12.3. The van der Waals surface area contributed by atoms with Crippen LogP contribution < -0.4 is 9.47 Å². The van der Waals surface area contributed by atoms with Gasteiger partial charge in [-0.05, 0) is 73.5 Å². The second kappa shape index (κ2) is 8.42. The van der Waals surface area contributed by atoms with E-state index in [2.05, 4.69) is 4.98 Å². The van der Waals surface area contributed by atoms with Gasteiger partial charge >= 0.3 is 11.9 Å². The molecule has 0 aliphatic carbocycles. The van der Waals surface area contributed by atoms with Crippen molar-refractivity contribution in [3.05, 3.63) is 87.2 Å². The van der Waals surface area contributed by atoms with Crippen LogP contribution >= 0.6 is 23.2 Å². The lowest BCUT2D eigenvalue weighted by Crippen LogP contribution is -2.16. The summed E-state index contributed by atoms with van der Waals surface area (Å²) in [6, 6.07) is 14.1. The molecule has 142 valence electrons. The number of carbonyl (C=O) groups is 2. The highest BCUT2D eigenvalue weighted by Crippen LogP contribution is 2.23. The molecule has 0 unspecified atom stereocenters. The SMILES string of the molecule is Cc1cc(OC(=O)c2cccc(C(=O)Oc3ccc(Cl)c(C)c3)n2)ccc1Cl. The number of carbonyl (C=O) groups excluding carboxylic acids is 2. The van der Waals surface area contributed by atoms with Gasteiger partial charge in [0.2, 0.25) is 0 Å². The Morgan fingerprint density at radius 2 is 1.18 bits per heavy atom. The molecule has 0 amide bonds. The molecule has 0 atom stereocenters. The van der Waals surface area contributed by atoms with Crippen molar-refractivity contribution in [3.8, 4) is 11.5 Å². The molecule has 1 aromatic heterocycles. The summed E-state index contributed by atoms with van der Waals surface area (Å²) < 4.78 is 10.6. The van der Waals surface area contributed by atoms with Gasteiger partial charge in [0.15, 0.2) is 0 Å². The van der Waals surface area contributed by atoms with Crippen molar-refractivity contribution < 1.29 is 19.1 Å². The Bertz CT molecular complexity index is 985. The molecule has 0 bridgehead atoms. The zero-order valence-corrected chi connectivity index (χ0v) is 16.5. The average Bonchev–Trinajstić information content (AvgIpc) is 2.67. The van der Waals surface area contributed by atoms with E-state index in [1.807, 2.05) is 0 Å². The predicted molar refractivity (Wildman–Crippen MR) is 107 cm³/mol. The van der Waals surface area contributed by atoms with E-state index < -0.39 is 11.9 Å². The minimum atomic E-state index is -0.696. The molecule has 0 N–H and O–H groups in total. The maximum atomic E-state index is 12.3. The molecule has 0 radical (unpaired) electrons. The van der Waals surface area contributed by atoms with Crippen LogP contribution in [0.5, 0.6) is 11.5 Å². The number of hydrogen-bond donors (Lipinski definition) is 0. The lowest BCUT2D eigenvalue weighted by molar-refractivity contribution is 0.0722. The summed E-state index contributed by atoms with van der Waals surface area (Å²) in [6.45, 7) is 3.60. The Morgan fingerprint density at radius 3 is 1.57 bits per heavy atom. The third kappa shape index (κ3) is 4.68. The second-order valence-corrected chi connectivity index (χ2v) is 6.82. The van der Waals surface area contributed by atoms with Crippen molar-refractivity contribution in [1.29, 1.82) is 0 Å². The first-order valence-electron chi connectivity index (χ1n) is 8.27. The van der Waals surface area contributed by atoms with Gasteiger partial charge in [0.1, 0.15) is 22.9 Å². The van der Waals surface area contributed by atoms with Crippen LogP contribution in [0.3, 0.4) is 0 Å². The van der Waals surface area contributed by atoms with Crippen LogP contribution in [0.25, 0.3) is 0 Å². The van der Waals surface area contributed by atoms with Crippen LogP contribution in [0.2, 0.25) is 10.0 Å². The van der Waals surface area contributed by atoms with Crippen LogP contribution in [0.15, 0.2) is 54.6 Å². The zero-order valence-electron chi connectivity index (χ0n) is 15.0. The van der Waals surface area contributed by atoms with Crippen molar-refractivity contribution >= 4 is 35.1 Å². The van der Waals surface area contributed by atoms with Gasteiger partial charge in [-0.25, -0.2) is 14.6 Å².